The topological polar surface area (TPSA) is 49.7 Å². The summed E-state index contributed by atoms with van der Waals surface area (Å²) in [6.45, 7) is 0. The van der Waals surface area contributed by atoms with Gasteiger partial charge in [0.2, 0.25) is 0 Å². The molecule has 0 radical (unpaired) electrons. The third-order valence-corrected chi connectivity index (χ3v) is 0.656. The maximum atomic E-state index is 8.00. The molecule has 0 heterocycles. The Hall–Kier alpha value is 0.970. The fraction of sp³-hybridized carbons (Fsp3) is 0. The molecule has 0 atom stereocenters. The van der Waals surface area contributed by atoms with Crippen molar-refractivity contribution in [2.75, 3.05) is 0 Å². The van der Waals surface area contributed by atoms with E-state index in [1.54, 1.807) is 0 Å². The van der Waals surface area contributed by atoms with Gasteiger partial charge in [-0.3, -0.25) is 0 Å². The molecule has 0 saturated carbocycles. The molecule has 40 valence electrons. The van der Waals surface area contributed by atoms with E-state index in [4.69, 9.17) is 10.0 Å². The van der Waals surface area contributed by atoms with E-state index in [9.17, 15) is 0 Å². The average Bonchev–Trinajstić information content (AvgIpc) is 1.27. The lowest BCUT2D eigenvalue weighted by Gasteiger charge is -1.96. The lowest BCUT2D eigenvalue weighted by Crippen LogP contribution is -2.20. The van der Waals surface area contributed by atoms with Crippen molar-refractivity contribution in [3.05, 3.63) is 0 Å². The molecule has 0 aromatic rings. The van der Waals surface area contributed by atoms with Crippen molar-refractivity contribution in [3.63, 3.8) is 0 Å². The van der Waals surface area contributed by atoms with Crippen molar-refractivity contribution in [1.29, 1.82) is 0 Å². The highest BCUT2D eigenvalue weighted by Gasteiger charge is 2.15. The molecule has 7 heteroatoms. The summed E-state index contributed by atoms with van der Waals surface area (Å²) >= 11 is 5.70. The van der Waals surface area contributed by atoms with Crippen LogP contribution in [0, 0.1) is 0 Å². The van der Waals surface area contributed by atoms with Crippen LogP contribution in [0.3, 0.4) is 0 Å². The number of hydrogen-bond acceptors (Lipinski definition) is 3. The molecule has 2 N–H and O–H groups in total. The maximum Gasteiger partial charge on any atom is 0.619 e. The fourth-order valence-corrected chi connectivity index (χ4v) is 0.478. The zero-order chi connectivity index (χ0) is 5.86. The summed E-state index contributed by atoms with van der Waals surface area (Å²) in [5.74, 6) is 0. The fourth-order valence-electron chi connectivity index (χ4n) is 0.0920. The van der Waals surface area contributed by atoms with Crippen LogP contribution in [-0.2, 0) is 4.57 Å². The summed E-state index contributed by atoms with van der Waals surface area (Å²) < 4.78 is 3.69. The third-order valence-electron chi connectivity index (χ3n) is 0.225. The van der Waals surface area contributed by atoms with Gasteiger partial charge in [-0.15, -0.1) is 31.5 Å². The molecule has 7 heavy (non-hydrogen) atoms. The van der Waals surface area contributed by atoms with Crippen LogP contribution >= 0.6 is 31.5 Å². The van der Waals surface area contributed by atoms with Gasteiger partial charge >= 0.3 is 11.9 Å². The highest BCUT2D eigenvalue weighted by atomic mass is 79.9. The third kappa shape index (κ3) is 6.97. The molecule has 0 amide bonds. The molecule has 0 aromatic carbocycles. The Morgan fingerprint density at radius 1 is 1.29 bits per heavy atom. The van der Waals surface area contributed by atoms with Gasteiger partial charge in [0.15, 0.2) is 0 Å². The van der Waals surface area contributed by atoms with E-state index in [0.717, 1.165) is 0 Å². The van der Waals surface area contributed by atoms with Crippen LogP contribution in [0.4, 0.5) is 0 Å². The molecule has 3 nitrogen and oxygen atoms in total. The largest absolute Gasteiger partial charge is 0.619 e. The predicted octanol–water partition coefficient (Wildman–Crippen LogP) is -0.253. The molecule has 0 saturated heterocycles. The molecular formula is H2B2Br2O3. The second-order valence-electron chi connectivity index (χ2n) is 0.723. The van der Waals surface area contributed by atoms with Crippen molar-refractivity contribution in [2.45, 2.75) is 0 Å². The van der Waals surface area contributed by atoms with Gasteiger partial charge < -0.3 is 14.6 Å². The zero-order valence-corrected chi connectivity index (χ0v) is 6.39. The Morgan fingerprint density at radius 2 is 1.71 bits per heavy atom. The monoisotopic (exact) mass is 230 g/mol. The normalized spacial score (nSPS) is 8.57. The van der Waals surface area contributed by atoms with Crippen LogP contribution in [0.15, 0.2) is 0 Å². The van der Waals surface area contributed by atoms with Gasteiger partial charge in [-0.25, -0.2) is 0 Å². The molecule has 0 rings (SSSR count). The van der Waals surface area contributed by atoms with Gasteiger partial charge in [0.25, 0.3) is 0 Å². The Morgan fingerprint density at radius 3 is 1.71 bits per heavy atom. The van der Waals surface area contributed by atoms with Gasteiger partial charge in [0.1, 0.15) is 0 Å². The lowest BCUT2D eigenvalue weighted by atomic mass is 10.2. The summed E-state index contributed by atoms with van der Waals surface area (Å²) in [6, 6.07) is 0. The van der Waals surface area contributed by atoms with Crippen molar-refractivity contribution < 1.29 is 14.6 Å². The van der Waals surface area contributed by atoms with E-state index in [2.05, 4.69) is 36.1 Å². The van der Waals surface area contributed by atoms with Gasteiger partial charge in [0, 0.05) is 0 Å². The van der Waals surface area contributed by atoms with Gasteiger partial charge in [-0.1, -0.05) is 0 Å². The number of hydrogen-bond donors (Lipinski definition) is 2. The Labute approximate surface area is 58.3 Å². The number of rotatable bonds is 2. The minimum absolute atomic E-state index is 0.500. The highest BCUT2D eigenvalue weighted by molar-refractivity contribution is 9.48. The van der Waals surface area contributed by atoms with E-state index in [-0.39, 0.29) is 0 Å². The molecule has 0 aromatic heterocycles. The smallest absolute Gasteiger partial charge is 0.431 e. The van der Waals surface area contributed by atoms with E-state index in [0.29, 0.717) is 0 Å². The van der Waals surface area contributed by atoms with Gasteiger partial charge in [0.05, 0.1) is 0 Å². The second-order valence-corrected chi connectivity index (χ2v) is 3.62. The molecule has 0 aliphatic rings. The van der Waals surface area contributed by atoms with Crippen molar-refractivity contribution in [2.24, 2.45) is 0 Å². The Balaban J connectivity index is 2.95. The molecule has 0 aliphatic heterocycles. The minimum atomic E-state index is -1.72. The number of halogens is 2. The zero-order valence-electron chi connectivity index (χ0n) is 3.21. The quantitative estimate of drug-likeness (QED) is 0.644. The molecule has 0 fully saturated rings. The first-order chi connectivity index (χ1) is 3.13. The van der Waals surface area contributed by atoms with Crippen LogP contribution < -0.4 is 0 Å². The van der Waals surface area contributed by atoms with Crippen LogP contribution in [-0.4, -0.2) is 21.9 Å². The SMILES string of the molecule is OB(O)OB(Br)Br. The molecule has 0 unspecified atom stereocenters. The molecule has 0 spiro atoms. The van der Waals surface area contributed by atoms with E-state index >= 15 is 0 Å². The molecular weight excluding hydrogens is 229 g/mol. The maximum absolute atomic E-state index is 8.00. The summed E-state index contributed by atoms with van der Waals surface area (Å²) in [5, 5.41) is 16.0. The second kappa shape index (κ2) is 3.91. The van der Waals surface area contributed by atoms with Gasteiger partial charge in [-0.05, 0) is 0 Å². The Bertz CT molecular complexity index is 40.2. The standard InChI is InChI=1S/B2Br2H2O3/c3-1(4)7-2(5)6/h5-6H. The van der Waals surface area contributed by atoms with Crippen molar-refractivity contribution in [1.82, 2.24) is 0 Å². The summed E-state index contributed by atoms with van der Waals surface area (Å²) in [4.78, 5) is 0. The molecule has 0 aliphatic carbocycles. The average molecular weight is 231 g/mol. The first kappa shape index (κ1) is 7.97. The van der Waals surface area contributed by atoms with Crippen LogP contribution in [0.5, 0.6) is 0 Å². The lowest BCUT2D eigenvalue weighted by molar-refractivity contribution is 0.297. The van der Waals surface area contributed by atoms with E-state index in [1.165, 1.54) is 0 Å². The summed E-state index contributed by atoms with van der Waals surface area (Å²) in [6.07, 6.45) is 0. The first-order valence-corrected chi connectivity index (χ1v) is 3.26. The van der Waals surface area contributed by atoms with Crippen LogP contribution in [0.1, 0.15) is 0 Å². The Kier molecular flexibility index (Phi) is 4.45. The summed E-state index contributed by atoms with van der Waals surface area (Å²) in [7, 11) is -1.72. The van der Waals surface area contributed by atoms with Crippen molar-refractivity contribution >= 4 is 43.4 Å². The van der Waals surface area contributed by atoms with Crippen molar-refractivity contribution in [3.8, 4) is 0 Å². The first-order valence-electron chi connectivity index (χ1n) is 1.42. The highest BCUT2D eigenvalue weighted by Crippen LogP contribution is 2.02. The minimum Gasteiger partial charge on any atom is -0.431 e. The van der Waals surface area contributed by atoms with E-state index < -0.39 is 11.9 Å². The van der Waals surface area contributed by atoms with Gasteiger partial charge in [-0.2, -0.15) is 0 Å². The summed E-state index contributed by atoms with van der Waals surface area (Å²) in [5.41, 5.74) is 0. The van der Waals surface area contributed by atoms with E-state index in [1.807, 2.05) is 0 Å². The predicted molar refractivity (Wildman–Crippen MR) is 34.9 cm³/mol. The van der Waals surface area contributed by atoms with Crippen LogP contribution in [0.25, 0.3) is 0 Å². The van der Waals surface area contributed by atoms with Crippen LogP contribution in [0.2, 0.25) is 0 Å². The molecule has 0 bridgehead atoms.